The van der Waals surface area contributed by atoms with Crippen LogP contribution < -0.4 is 15.4 Å². The number of aromatic amines is 1. The number of nitrogens with one attached hydrogen (secondary N) is 1. The number of pyridine rings is 1. The number of methoxy groups -OCH3 is 1. The fourth-order valence-corrected chi connectivity index (χ4v) is 4.43. The van der Waals surface area contributed by atoms with Crippen LogP contribution in [0.4, 0.5) is 10.2 Å². The Hall–Kier alpha value is -4.16. The summed E-state index contributed by atoms with van der Waals surface area (Å²) >= 11 is 0. The first-order chi connectivity index (χ1) is 16.5. The zero-order chi connectivity index (χ0) is 23.8. The molecule has 4 N–H and O–H groups in total. The van der Waals surface area contributed by atoms with E-state index in [1.807, 2.05) is 12.1 Å². The van der Waals surface area contributed by atoms with E-state index in [0.717, 1.165) is 36.8 Å². The molecule has 0 bridgehead atoms. The van der Waals surface area contributed by atoms with Crippen LogP contribution >= 0.6 is 0 Å². The molecule has 0 unspecified atom stereocenters. The molecule has 1 aliphatic rings. The summed E-state index contributed by atoms with van der Waals surface area (Å²) in [5.41, 5.74) is 9.20. The van der Waals surface area contributed by atoms with E-state index in [0.29, 0.717) is 34.0 Å². The number of aromatic hydroxyl groups is 1. The largest absolute Gasteiger partial charge is 0.504 e. The summed E-state index contributed by atoms with van der Waals surface area (Å²) < 4.78 is 19.8. The molecule has 2 aromatic heterocycles. The number of nitriles is 1. The second-order valence-electron chi connectivity index (χ2n) is 8.34. The van der Waals surface area contributed by atoms with E-state index < -0.39 is 5.82 Å². The van der Waals surface area contributed by atoms with Crippen molar-refractivity contribution in [3.05, 3.63) is 54.0 Å². The van der Waals surface area contributed by atoms with Crippen molar-refractivity contribution in [3.8, 4) is 40.0 Å². The molecule has 5 rings (SSSR count). The van der Waals surface area contributed by atoms with Gasteiger partial charge in [-0.05, 0) is 42.7 Å². The molecule has 1 saturated heterocycles. The summed E-state index contributed by atoms with van der Waals surface area (Å²) in [6, 6.07) is 11.5. The number of fused-ring (bicyclic) bond motifs is 1. The zero-order valence-electron chi connectivity index (χ0n) is 18.5. The third-order valence-corrected chi connectivity index (χ3v) is 6.26. The lowest BCUT2D eigenvalue weighted by Crippen LogP contribution is -2.40. The fraction of sp³-hybridized carbons (Fsp3) is 0.240. The number of ether oxygens (including phenoxy) is 1. The minimum atomic E-state index is -0.622. The number of halogens is 1. The molecule has 0 spiro atoms. The number of nitrogens with two attached hydrogens (primary N) is 1. The number of piperidine rings is 1. The smallest absolute Gasteiger partial charge is 0.160 e. The molecule has 0 amide bonds. The van der Waals surface area contributed by atoms with Crippen LogP contribution in [0, 0.1) is 17.1 Å². The predicted molar refractivity (Wildman–Crippen MR) is 127 cm³/mol. The van der Waals surface area contributed by atoms with Crippen LogP contribution in [-0.4, -0.2) is 46.5 Å². The molecule has 4 aromatic rings. The molecule has 0 saturated carbocycles. The normalized spacial score (nSPS) is 14.4. The van der Waals surface area contributed by atoms with Gasteiger partial charge < -0.3 is 20.5 Å². The average molecular weight is 458 g/mol. The first kappa shape index (κ1) is 21.7. The lowest BCUT2D eigenvalue weighted by Gasteiger charge is -2.32. The third kappa shape index (κ3) is 3.68. The molecule has 34 heavy (non-hydrogen) atoms. The van der Waals surface area contributed by atoms with Crippen LogP contribution in [0.25, 0.3) is 33.3 Å². The summed E-state index contributed by atoms with van der Waals surface area (Å²) in [7, 11) is 1.48. The van der Waals surface area contributed by atoms with Gasteiger partial charge in [-0.1, -0.05) is 12.1 Å². The highest BCUT2D eigenvalue weighted by molar-refractivity contribution is 6.05. The minimum Gasteiger partial charge on any atom is -0.504 e. The Balaban J connectivity index is 1.78. The Morgan fingerprint density at radius 2 is 1.97 bits per heavy atom. The van der Waals surface area contributed by atoms with Crippen molar-refractivity contribution >= 4 is 16.7 Å². The molecule has 3 heterocycles. The van der Waals surface area contributed by atoms with Crippen LogP contribution in [0.1, 0.15) is 18.4 Å². The zero-order valence-corrected chi connectivity index (χ0v) is 18.5. The maximum atomic E-state index is 14.6. The Morgan fingerprint density at radius 1 is 1.21 bits per heavy atom. The number of phenols is 1. The number of anilines is 1. The van der Waals surface area contributed by atoms with Crippen molar-refractivity contribution in [1.82, 2.24) is 15.2 Å². The Labute approximate surface area is 195 Å². The molecule has 0 radical (unpaired) electrons. The maximum Gasteiger partial charge on any atom is 0.160 e. The van der Waals surface area contributed by atoms with E-state index in [9.17, 15) is 9.50 Å². The highest BCUT2D eigenvalue weighted by Gasteiger charge is 2.25. The van der Waals surface area contributed by atoms with Gasteiger partial charge in [-0.15, -0.1) is 0 Å². The molecule has 1 fully saturated rings. The lowest BCUT2D eigenvalue weighted by molar-refractivity contribution is 0.373. The van der Waals surface area contributed by atoms with Crippen LogP contribution in [-0.2, 0) is 0 Å². The summed E-state index contributed by atoms with van der Waals surface area (Å²) in [6.07, 6.45) is 3.38. The van der Waals surface area contributed by atoms with Gasteiger partial charge in [0.25, 0.3) is 0 Å². The number of phenolic OH excluding ortho intramolecular Hbond substituents is 1. The van der Waals surface area contributed by atoms with Crippen molar-refractivity contribution in [2.75, 3.05) is 25.1 Å². The van der Waals surface area contributed by atoms with Gasteiger partial charge in [0.05, 0.1) is 24.6 Å². The fourth-order valence-electron chi connectivity index (χ4n) is 4.43. The molecule has 0 atom stereocenters. The molecule has 2 aromatic carbocycles. The van der Waals surface area contributed by atoms with Gasteiger partial charge >= 0.3 is 0 Å². The topological polar surface area (TPSA) is 124 Å². The Kier molecular flexibility index (Phi) is 5.51. The summed E-state index contributed by atoms with van der Waals surface area (Å²) in [6.45, 7) is 1.48. The van der Waals surface area contributed by atoms with Gasteiger partial charge in [0.1, 0.15) is 17.4 Å². The van der Waals surface area contributed by atoms with Crippen molar-refractivity contribution in [2.45, 2.75) is 18.9 Å². The third-order valence-electron chi connectivity index (χ3n) is 6.26. The second kappa shape index (κ2) is 8.65. The number of rotatable bonds is 4. The first-order valence-corrected chi connectivity index (χ1v) is 10.9. The molecular formula is C25H23FN6O2. The predicted octanol–water partition coefficient (Wildman–Crippen LogP) is 3.94. The van der Waals surface area contributed by atoms with Crippen molar-refractivity contribution in [1.29, 1.82) is 5.26 Å². The average Bonchev–Trinajstić information content (AvgIpc) is 3.33. The lowest BCUT2D eigenvalue weighted by atomic mass is 9.95. The summed E-state index contributed by atoms with van der Waals surface area (Å²) in [4.78, 5) is 7.14. The number of hydrogen-bond acceptors (Lipinski definition) is 7. The highest BCUT2D eigenvalue weighted by Crippen LogP contribution is 2.42. The quantitative estimate of drug-likeness (QED) is 0.423. The standard InChI is InChI=1S/C25H23FN6O2/c1-34-21-5-4-14(11-20(21)33)22-18-13-29-31-24(18)25(32-8-6-17(28)7-9-32)30-23(22)15-2-3-16(12-27)19(26)10-15/h2-5,10-11,13,17,33H,6-9,28H2,1H3,(H,29,31). The van der Waals surface area contributed by atoms with Gasteiger partial charge in [-0.25, -0.2) is 9.37 Å². The van der Waals surface area contributed by atoms with E-state index in [-0.39, 0.29) is 17.4 Å². The highest BCUT2D eigenvalue weighted by atomic mass is 19.1. The molecular weight excluding hydrogens is 435 g/mol. The van der Waals surface area contributed by atoms with Crippen molar-refractivity contribution in [3.63, 3.8) is 0 Å². The maximum absolute atomic E-state index is 14.6. The van der Waals surface area contributed by atoms with E-state index in [1.165, 1.54) is 19.2 Å². The van der Waals surface area contributed by atoms with E-state index in [4.69, 9.17) is 20.7 Å². The first-order valence-electron chi connectivity index (χ1n) is 10.9. The van der Waals surface area contributed by atoms with Gasteiger partial charge in [0, 0.05) is 35.6 Å². The molecule has 172 valence electrons. The number of benzene rings is 2. The Bertz CT molecular complexity index is 1420. The van der Waals surface area contributed by atoms with Gasteiger partial charge in [-0.3, -0.25) is 5.10 Å². The molecule has 9 heteroatoms. The van der Waals surface area contributed by atoms with Crippen LogP contribution in [0.5, 0.6) is 11.5 Å². The van der Waals surface area contributed by atoms with Gasteiger partial charge in [0.15, 0.2) is 17.3 Å². The monoisotopic (exact) mass is 458 g/mol. The summed E-state index contributed by atoms with van der Waals surface area (Å²) in [5, 5.41) is 27.7. The van der Waals surface area contributed by atoms with E-state index in [2.05, 4.69) is 15.1 Å². The summed E-state index contributed by atoms with van der Waals surface area (Å²) in [5.74, 6) is 0.402. The van der Waals surface area contributed by atoms with E-state index in [1.54, 1.807) is 24.4 Å². The van der Waals surface area contributed by atoms with Crippen molar-refractivity contribution < 1.29 is 14.2 Å². The Morgan fingerprint density at radius 3 is 2.65 bits per heavy atom. The van der Waals surface area contributed by atoms with Crippen LogP contribution in [0.3, 0.4) is 0 Å². The number of nitrogens with zero attached hydrogens (tertiary/aromatic N) is 4. The minimum absolute atomic E-state index is 0.0253. The number of H-pyrrole nitrogens is 1. The van der Waals surface area contributed by atoms with Gasteiger partial charge in [-0.2, -0.15) is 10.4 Å². The molecule has 0 aliphatic carbocycles. The van der Waals surface area contributed by atoms with E-state index >= 15 is 0 Å². The van der Waals surface area contributed by atoms with Crippen molar-refractivity contribution in [2.24, 2.45) is 5.73 Å². The molecule has 1 aliphatic heterocycles. The number of hydrogen-bond donors (Lipinski definition) is 3. The second-order valence-corrected chi connectivity index (χ2v) is 8.34. The van der Waals surface area contributed by atoms with Crippen LogP contribution in [0.15, 0.2) is 42.6 Å². The van der Waals surface area contributed by atoms with Crippen LogP contribution in [0.2, 0.25) is 0 Å². The van der Waals surface area contributed by atoms with Gasteiger partial charge in [0.2, 0.25) is 0 Å². The SMILES string of the molecule is COc1ccc(-c2c(-c3ccc(C#N)c(F)c3)nc(N3CCC(N)CC3)c3[nH]ncc23)cc1O. The number of aromatic nitrogens is 3. The molecule has 8 nitrogen and oxygen atoms in total.